The van der Waals surface area contributed by atoms with Crippen LogP contribution in [-0.2, 0) is 13.0 Å². The van der Waals surface area contributed by atoms with Crippen LogP contribution in [0.4, 0.5) is 0 Å². The van der Waals surface area contributed by atoms with Crippen LogP contribution < -0.4 is 15.0 Å². The van der Waals surface area contributed by atoms with Gasteiger partial charge in [0.25, 0.3) is 17.3 Å². The quantitative estimate of drug-likeness (QED) is 0.515. The number of nitrogens with one attached hydrogen (secondary N) is 1. The zero-order valence-electron chi connectivity index (χ0n) is 25.5. The Morgan fingerprint density at radius 3 is 2.20 bits per heavy atom. The van der Waals surface area contributed by atoms with Crippen LogP contribution in [0.5, 0.6) is 11.5 Å². The van der Waals surface area contributed by atoms with Crippen LogP contribution in [0.25, 0.3) is 0 Å². The molecule has 7 nitrogen and oxygen atoms in total. The number of benzene rings is 1. The molecule has 0 spiro atoms. The lowest BCUT2D eigenvalue weighted by Gasteiger charge is -2.59. The lowest BCUT2D eigenvalue weighted by Crippen LogP contribution is -2.62. The first-order valence-corrected chi connectivity index (χ1v) is 15.0. The molecule has 1 atom stereocenters. The van der Waals surface area contributed by atoms with Gasteiger partial charge in [-0.1, -0.05) is 13.8 Å². The predicted molar refractivity (Wildman–Crippen MR) is 156 cm³/mol. The number of rotatable bonds is 5. The van der Waals surface area contributed by atoms with Crippen LogP contribution in [0.3, 0.4) is 0 Å². The minimum absolute atomic E-state index is 0.0238. The van der Waals surface area contributed by atoms with E-state index in [1.165, 1.54) is 0 Å². The van der Waals surface area contributed by atoms with E-state index in [1.54, 1.807) is 0 Å². The number of pyridine rings is 1. The Bertz CT molecular complexity index is 1430. The summed E-state index contributed by atoms with van der Waals surface area (Å²) in [5.74, 6) is 1.01. The summed E-state index contributed by atoms with van der Waals surface area (Å²) < 4.78 is 13.9. The predicted octanol–water partition coefficient (Wildman–Crippen LogP) is 5.76. The molecule has 1 amide bonds. The topological polar surface area (TPSA) is 74.9 Å². The fourth-order valence-electron chi connectivity index (χ4n) is 8.36. The molecule has 0 radical (unpaired) electrons. The van der Waals surface area contributed by atoms with E-state index in [2.05, 4.69) is 44.8 Å². The second kappa shape index (κ2) is 9.10. The molecule has 3 saturated carbocycles. The smallest absolute Gasteiger partial charge is 0.254 e. The monoisotopic (exact) mass is 547 g/mol. The molecule has 2 aromatic rings. The standard InChI is InChI=1S/C33H45N3O4/c1-19(2)25-23-9-16-36(18-24-20(3)17-21(4)34-29(24)37)30(38)26(23)22(5)27-28(25)40-31(6,39-27)32-10-13-33(14-11-32,15-12-32)35(7)8/h17,19H,9-16,18H2,1-8H3,(H,34,37). The zero-order chi connectivity index (χ0) is 28.8. The minimum Gasteiger partial charge on any atom is -0.448 e. The molecule has 3 fully saturated rings. The first-order valence-electron chi connectivity index (χ1n) is 15.0. The van der Waals surface area contributed by atoms with Gasteiger partial charge in [0.15, 0.2) is 11.5 Å². The fraction of sp³-hybridized carbons (Fsp3) is 0.636. The normalized spacial score (nSPS) is 29.1. The summed E-state index contributed by atoms with van der Waals surface area (Å²) >= 11 is 0. The van der Waals surface area contributed by atoms with Crippen molar-refractivity contribution in [1.82, 2.24) is 14.8 Å². The van der Waals surface area contributed by atoms with Crippen molar-refractivity contribution in [2.75, 3.05) is 20.6 Å². The summed E-state index contributed by atoms with van der Waals surface area (Å²) in [4.78, 5) is 34.0. The van der Waals surface area contributed by atoms with Gasteiger partial charge < -0.3 is 24.3 Å². The molecule has 3 aliphatic carbocycles. The molecule has 3 heterocycles. The first-order chi connectivity index (χ1) is 18.8. The highest BCUT2D eigenvalue weighted by Gasteiger charge is 2.63. The maximum Gasteiger partial charge on any atom is 0.254 e. The number of carbonyl (C=O) groups excluding carboxylic acids is 1. The Hall–Kier alpha value is -2.80. The second-order valence-corrected chi connectivity index (χ2v) is 13.7. The van der Waals surface area contributed by atoms with Crippen molar-refractivity contribution in [2.45, 2.75) is 110 Å². The fourth-order valence-corrected chi connectivity index (χ4v) is 8.36. The Balaban J connectivity index is 1.37. The van der Waals surface area contributed by atoms with Crippen molar-refractivity contribution in [3.63, 3.8) is 0 Å². The van der Waals surface area contributed by atoms with E-state index in [4.69, 9.17) is 9.47 Å². The second-order valence-electron chi connectivity index (χ2n) is 13.7. The molecule has 5 aliphatic rings. The minimum atomic E-state index is -0.748. The highest BCUT2D eigenvalue weighted by Crippen LogP contribution is 2.63. The highest BCUT2D eigenvalue weighted by molar-refractivity contribution is 6.00. The number of nitrogens with zero attached hydrogens (tertiary/aromatic N) is 2. The molecule has 1 aromatic carbocycles. The third kappa shape index (κ3) is 3.79. The van der Waals surface area contributed by atoms with E-state index in [0.29, 0.717) is 24.2 Å². The number of hydrogen-bond donors (Lipinski definition) is 1. The number of hydrogen-bond acceptors (Lipinski definition) is 5. The average molecular weight is 548 g/mol. The van der Waals surface area contributed by atoms with Gasteiger partial charge in [-0.3, -0.25) is 9.59 Å². The molecular weight excluding hydrogens is 502 g/mol. The van der Waals surface area contributed by atoms with E-state index >= 15 is 0 Å². The van der Waals surface area contributed by atoms with E-state index in [-0.39, 0.29) is 22.8 Å². The number of aryl methyl sites for hydroxylation is 2. The van der Waals surface area contributed by atoms with E-state index in [0.717, 1.165) is 90.0 Å². The number of amides is 1. The number of H-pyrrole nitrogens is 1. The van der Waals surface area contributed by atoms with Gasteiger partial charge in [0, 0.05) is 52.4 Å². The maximum absolute atomic E-state index is 14.1. The van der Waals surface area contributed by atoms with Crippen molar-refractivity contribution in [3.8, 4) is 11.5 Å². The Morgan fingerprint density at radius 1 is 1.00 bits per heavy atom. The summed E-state index contributed by atoms with van der Waals surface area (Å²) in [6.45, 7) is 13.2. The largest absolute Gasteiger partial charge is 0.448 e. The van der Waals surface area contributed by atoms with E-state index in [9.17, 15) is 9.59 Å². The van der Waals surface area contributed by atoms with Crippen LogP contribution in [0.1, 0.15) is 109 Å². The lowest BCUT2D eigenvalue weighted by molar-refractivity contribution is -0.212. The van der Waals surface area contributed by atoms with Crippen molar-refractivity contribution in [1.29, 1.82) is 0 Å². The summed E-state index contributed by atoms with van der Waals surface area (Å²) in [5.41, 5.74) is 6.35. The SMILES string of the molecule is Cc1cc(C)c(CN2CCc3c(c(C)c4c(c3C(C)C)OC(C)(C35CCC(N(C)C)(CC3)CC5)O4)C2=O)c(=O)[nH]1. The Labute approximate surface area is 238 Å². The molecule has 2 aliphatic heterocycles. The number of ether oxygens (including phenoxy) is 2. The molecule has 40 heavy (non-hydrogen) atoms. The van der Waals surface area contributed by atoms with Gasteiger partial charge in [-0.25, -0.2) is 0 Å². The molecule has 0 saturated heterocycles. The van der Waals surface area contributed by atoms with Gasteiger partial charge in [0.2, 0.25) is 0 Å². The third-order valence-corrected chi connectivity index (χ3v) is 11.1. The van der Waals surface area contributed by atoms with Crippen molar-refractivity contribution < 1.29 is 14.3 Å². The number of fused-ring (bicyclic) bond motifs is 5. The number of aromatic nitrogens is 1. The molecule has 7 rings (SSSR count). The summed E-state index contributed by atoms with van der Waals surface area (Å²) in [6, 6.07) is 1.97. The summed E-state index contributed by atoms with van der Waals surface area (Å²) in [7, 11) is 4.44. The molecule has 2 bridgehead atoms. The summed E-state index contributed by atoms with van der Waals surface area (Å²) in [5, 5.41) is 0. The Morgan fingerprint density at radius 2 is 1.62 bits per heavy atom. The molecular formula is C33H45N3O4. The molecule has 7 heteroatoms. The molecule has 1 N–H and O–H groups in total. The van der Waals surface area contributed by atoms with Crippen LogP contribution in [0, 0.1) is 26.2 Å². The molecule has 1 aromatic heterocycles. The van der Waals surface area contributed by atoms with Gasteiger partial charge in [-0.05, 0) is 103 Å². The zero-order valence-corrected chi connectivity index (χ0v) is 25.5. The van der Waals surface area contributed by atoms with Gasteiger partial charge >= 0.3 is 0 Å². The molecule has 1 unspecified atom stereocenters. The van der Waals surface area contributed by atoms with Crippen LogP contribution in [-0.4, -0.2) is 52.7 Å². The van der Waals surface area contributed by atoms with Crippen molar-refractivity contribution >= 4 is 5.91 Å². The van der Waals surface area contributed by atoms with E-state index < -0.39 is 5.79 Å². The molecule has 216 valence electrons. The maximum atomic E-state index is 14.1. The van der Waals surface area contributed by atoms with E-state index in [1.807, 2.05) is 31.7 Å². The van der Waals surface area contributed by atoms with Crippen molar-refractivity contribution in [2.24, 2.45) is 5.41 Å². The number of carbonyl (C=O) groups is 1. The van der Waals surface area contributed by atoms with Gasteiger partial charge in [0.05, 0.1) is 6.54 Å². The summed E-state index contributed by atoms with van der Waals surface area (Å²) in [6.07, 6.45) is 7.48. The van der Waals surface area contributed by atoms with Crippen LogP contribution >= 0.6 is 0 Å². The first kappa shape index (κ1) is 27.4. The highest BCUT2D eigenvalue weighted by atomic mass is 16.7. The van der Waals surface area contributed by atoms with Gasteiger partial charge in [-0.15, -0.1) is 0 Å². The van der Waals surface area contributed by atoms with Gasteiger partial charge in [-0.2, -0.15) is 0 Å². The van der Waals surface area contributed by atoms with Crippen molar-refractivity contribution in [3.05, 3.63) is 55.5 Å². The Kier molecular flexibility index (Phi) is 6.23. The lowest BCUT2D eigenvalue weighted by atomic mass is 9.54. The van der Waals surface area contributed by atoms with Crippen LogP contribution in [0.15, 0.2) is 10.9 Å². The van der Waals surface area contributed by atoms with Gasteiger partial charge in [0.1, 0.15) is 0 Å². The third-order valence-electron chi connectivity index (χ3n) is 11.1. The average Bonchev–Trinajstić information content (AvgIpc) is 3.27. The number of aromatic amines is 1. The van der Waals surface area contributed by atoms with Crippen LogP contribution in [0.2, 0.25) is 0 Å².